The molecule has 0 heterocycles. The van der Waals surface area contributed by atoms with Crippen molar-refractivity contribution in [2.75, 3.05) is 40.9 Å². The molecular weight excluding hydrogens is 1000 g/mol. The van der Waals surface area contributed by atoms with Gasteiger partial charge in [0.15, 0.2) is 0 Å². The summed E-state index contributed by atoms with van der Waals surface area (Å²) in [7, 11) is 1.43. The van der Waals surface area contributed by atoms with Gasteiger partial charge in [-0.25, -0.2) is 4.57 Å². The number of esters is 1. The van der Waals surface area contributed by atoms with Crippen molar-refractivity contribution in [3.8, 4) is 0 Å². The summed E-state index contributed by atoms with van der Waals surface area (Å²) in [6.07, 6.45) is 80.7. The molecule has 0 spiro atoms. The predicted octanol–water partition coefficient (Wildman–Crippen LogP) is 19.9. The van der Waals surface area contributed by atoms with Crippen LogP contribution in [0.1, 0.15) is 252 Å². The monoisotopic (exact) mass is 1120 g/mol. The number of ether oxygens (including phenoxy) is 1. The van der Waals surface area contributed by atoms with Gasteiger partial charge >= 0.3 is 13.8 Å². The number of nitrogens with one attached hydrogen (secondary N) is 1. The van der Waals surface area contributed by atoms with Crippen LogP contribution < -0.4 is 5.32 Å². The van der Waals surface area contributed by atoms with Gasteiger partial charge in [0.2, 0.25) is 5.91 Å². The summed E-state index contributed by atoms with van der Waals surface area (Å²) in [5.74, 6) is -0.617. The molecule has 79 heavy (non-hydrogen) atoms. The number of quaternary nitrogens is 1. The van der Waals surface area contributed by atoms with Crippen molar-refractivity contribution in [3.63, 3.8) is 0 Å². The molecule has 0 aliphatic rings. The first kappa shape index (κ1) is 75.4. The number of unbranched alkanes of at least 4 members (excludes halogenated alkanes) is 22. The van der Waals surface area contributed by atoms with Crippen LogP contribution in [0.15, 0.2) is 122 Å². The van der Waals surface area contributed by atoms with Gasteiger partial charge in [-0.1, -0.05) is 252 Å². The van der Waals surface area contributed by atoms with E-state index in [0.29, 0.717) is 23.9 Å². The van der Waals surface area contributed by atoms with Crippen LogP contribution in [-0.4, -0.2) is 74.3 Å². The fraction of sp³-hybridized carbons (Fsp3) is 0.681. The van der Waals surface area contributed by atoms with Gasteiger partial charge in [-0.05, 0) is 109 Å². The Bertz CT molecular complexity index is 1770. The molecule has 0 aliphatic heterocycles. The highest BCUT2D eigenvalue weighted by molar-refractivity contribution is 7.47. The zero-order valence-corrected chi connectivity index (χ0v) is 52.5. The lowest BCUT2D eigenvalue weighted by molar-refractivity contribution is -0.870. The fourth-order valence-corrected chi connectivity index (χ4v) is 9.23. The van der Waals surface area contributed by atoms with Crippen LogP contribution in [0.25, 0.3) is 0 Å². The first-order chi connectivity index (χ1) is 38.4. The molecule has 1 amide bonds. The Morgan fingerprint density at radius 2 is 0.823 bits per heavy atom. The number of hydrogen-bond acceptors (Lipinski definition) is 6. The molecule has 0 saturated carbocycles. The lowest BCUT2D eigenvalue weighted by Gasteiger charge is -2.27. The third-order valence-electron chi connectivity index (χ3n) is 13.4. The Hall–Kier alpha value is -3.59. The van der Waals surface area contributed by atoms with Gasteiger partial charge in [-0.2, -0.15) is 0 Å². The minimum Gasteiger partial charge on any atom is -0.456 e. The quantitative estimate of drug-likeness (QED) is 0.0205. The Morgan fingerprint density at radius 3 is 1.27 bits per heavy atom. The molecule has 0 aromatic heterocycles. The van der Waals surface area contributed by atoms with Crippen molar-refractivity contribution in [3.05, 3.63) is 122 Å². The molecule has 3 unspecified atom stereocenters. The molecule has 9 nitrogen and oxygen atoms in total. The summed E-state index contributed by atoms with van der Waals surface area (Å²) >= 11 is 0. The molecule has 0 saturated heterocycles. The van der Waals surface area contributed by atoms with Crippen LogP contribution in [-0.2, 0) is 27.9 Å². The summed E-state index contributed by atoms with van der Waals surface area (Å²) in [6, 6.07) is -0.900. The van der Waals surface area contributed by atoms with E-state index >= 15 is 0 Å². The number of hydrogen-bond donors (Lipinski definition) is 2. The first-order valence-corrected chi connectivity index (χ1v) is 33.4. The third-order valence-corrected chi connectivity index (χ3v) is 14.4. The number of likely N-dealkylation sites (N-methyl/N-ethyl adjacent to an activating group) is 1. The summed E-state index contributed by atoms with van der Waals surface area (Å²) in [6.45, 7) is 6.80. The molecule has 0 fully saturated rings. The van der Waals surface area contributed by atoms with Crippen molar-refractivity contribution in [2.24, 2.45) is 0 Å². The first-order valence-electron chi connectivity index (χ1n) is 31.9. The van der Waals surface area contributed by atoms with Gasteiger partial charge < -0.3 is 19.4 Å². The second-order valence-electron chi connectivity index (χ2n) is 22.2. The zero-order valence-electron chi connectivity index (χ0n) is 51.6. The highest BCUT2D eigenvalue weighted by Crippen LogP contribution is 2.43. The molecule has 3 atom stereocenters. The number of carbonyl (C=O) groups excluding carboxylic acids is 2. The largest absolute Gasteiger partial charge is 0.472 e. The van der Waals surface area contributed by atoms with Gasteiger partial charge in [-0.3, -0.25) is 18.6 Å². The van der Waals surface area contributed by atoms with Crippen molar-refractivity contribution in [1.82, 2.24) is 5.32 Å². The number of carbonyl (C=O) groups is 2. The standard InChI is InChI=1S/C69H119N2O7P/c1-7-10-13-16-19-22-25-28-30-32-34-35-37-39-41-44-47-50-53-56-59-62-69(73)78-67(60-57-54-51-48-45-42-27-24-21-18-15-12-9-3)66(65-77-79(74,75)76-64-63-71(4,5)6)70-68(72)61-58-55-52-49-46-43-40-38-36-33-31-29-26-23-20-17-14-11-8-2/h11,14,19-20,22-23,28-31,34-36,38,43,46,52,55,57,60,66-67H,7-10,12-13,15-18,21,24-27,32-33,37,39-42,44-45,47-51,53-54,56,58-59,61-65H2,1-6H3,(H-,70,72,74,75)/p+1/b14-11-,22-19-,23-20-,30-28-,31-29-,35-34-,38-36-,46-43-,55-52-,60-57+. The van der Waals surface area contributed by atoms with Gasteiger partial charge in [0.25, 0.3) is 0 Å². The SMILES string of the molecule is CC/C=C\C/C=C\C/C=C\C/C=C\C/C=C\C/C=C\CCC(=O)NC(COP(=O)(O)OCC[N+](C)(C)C)C(/C=C/CCCCCCCCCCCCC)OC(=O)CCCCCCCCCC/C=C\C/C=C\C/C=C\CCCCC. The second kappa shape index (κ2) is 57.6. The molecule has 10 heteroatoms. The molecular formula is C69H120N2O7P+. The van der Waals surface area contributed by atoms with Gasteiger partial charge in [0.1, 0.15) is 19.3 Å². The number of rotatable bonds is 56. The van der Waals surface area contributed by atoms with E-state index in [2.05, 4.69) is 129 Å². The zero-order chi connectivity index (χ0) is 57.9. The molecule has 0 bridgehead atoms. The van der Waals surface area contributed by atoms with Crippen molar-refractivity contribution in [1.29, 1.82) is 0 Å². The Kier molecular flexibility index (Phi) is 55.0. The molecule has 0 radical (unpaired) electrons. The van der Waals surface area contributed by atoms with Gasteiger partial charge in [-0.15, -0.1) is 0 Å². The van der Waals surface area contributed by atoms with E-state index in [1.807, 2.05) is 39.4 Å². The van der Waals surface area contributed by atoms with Crippen molar-refractivity contribution < 1.29 is 37.3 Å². The van der Waals surface area contributed by atoms with Crippen LogP contribution >= 0.6 is 7.82 Å². The van der Waals surface area contributed by atoms with E-state index in [4.69, 9.17) is 13.8 Å². The number of phosphoric acid groups is 1. The number of nitrogens with zero attached hydrogens (tertiary/aromatic N) is 1. The molecule has 0 aromatic rings. The average Bonchev–Trinajstić information content (AvgIpc) is 3.41. The average molecular weight is 1120 g/mol. The molecule has 452 valence electrons. The van der Waals surface area contributed by atoms with Crippen LogP contribution in [0.2, 0.25) is 0 Å². The smallest absolute Gasteiger partial charge is 0.456 e. The van der Waals surface area contributed by atoms with Crippen LogP contribution in [0, 0.1) is 0 Å². The second-order valence-corrected chi connectivity index (χ2v) is 23.6. The maximum Gasteiger partial charge on any atom is 0.472 e. The van der Waals surface area contributed by atoms with Crippen LogP contribution in [0.5, 0.6) is 0 Å². The van der Waals surface area contributed by atoms with Crippen LogP contribution in [0.4, 0.5) is 0 Å². The number of allylic oxidation sites excluding steroid dienone is 19. The summed E-state index contributed by atoms with van der Waals surface area (Å²) < 4.78 is 30.7. The topological polar surface area (TPSA) is 111 Å². The van der Waals surface area contributed by atoms with E-state index in [1.165, 1.54) is 109 Å². The molecule has 0 aliphatic carbocycles. The lowest BCUT2D eigenvalue weighted by Crippen LogP contribution is -2.47. The maximum absolute atomic E-state index is 13.5. The predicted molar refractivity (Wildman–Crippen MR) is 341 cm³/mol. The minimum atomic E-state index is -4.48. The van der Waals surface area contributed by atoms with E-state index in [-0.39, 0.29) is 37.9 Å². The normalized spacial score (nSPS) is 14.5. The number of amides is 1. The van der Waals surface area contributed by atoms with Crippen molar-refractivity contribution >= 4 is 19.7 Å². The Morgan fingerprint density at radius 1 is 0.456 bits per heavy atom. The molecule has 0 rings (SSSR count). The maximum atomic E-state index is 13.5. The third kappa shape index (κ3) is 58.9. The van der Waals surface area contributed by atoms with E-state index in [0.717, 1.165) is 96.3 Å². The Labute approximate surface area is 486 Å². The summed E-state index contributed by atoms with van der Waals surface area (Å²) in [4.78, 5) is 37.7. The van der Waals surface area contributed by atoms with Gasteiger partial charge in [0, 0.05) is 12.8 Å². The molecule has 0 aromatic carbocycles. The summed E-state index contributed by atoms with van der Waals surface area (Å²) in [5.41, 5.74) is 0. The van der Waals surface area contributed by atoms with E-state index in [9.17, 15) is 19.0 Å². The fourth-order valence-electron chi connectivity index (χ4n) is 8.50. The summed E-state index contributed by atoms with van der Waals surface area (Å²) in [5, 5.41) is 3.01. The van der Waals surface area contributed by atoms with E-state index in [1.54, 1.807) is 0 Å². The van der Waals surface area contributed by atoms with E-state index < -0.39 is 20.0 Å². The Balaban J connectivity index is 5.39. The van der Waals surface area contributed by atoms with Crippen LogP contribution in [0.3, 0.4) is 0 Å². The minimum absolute atomic E-state index is 0.0192. The van der Waals surface area contributed by atoms with Crippen molar-refractivity contribution in [2.45, 2.75) is 264 Å². The van der Waals surface area contributed by atoms with Gasteiger partial charge in [0.05, 0.1) is 33.8 Å². The highest BCUT2D eigenvalue weighted by Gasteiger charge is 2.30. The molecule has 2 N–H and O–H groups in total. The highest BCUT2D eigenvalue weighted by atomic mass is 31.2. The lowest BCUT2D eigenvalue weighted by atomic mass is 10.0. The number of phosphoric ester groups is 1.